The molecule has 3 rings (SSSR count). The van der Waals surface area contributed by atoms with Crippen LogP contribution in [0, 0.1) is 0 Å². The van der Waals surface area contributed by atoms with Gasteiger partial charge in [0.05, 0.1) is 11.7 Å². The maximum atomic E-state index is 11.1. The zero-order valence-electron chi connectivity index (χ0n) is 17.8. The predicted molar refractivity (Wildman–Crippen MR) is 124 cm³/mol. The Morgan fingerprint density at radius 1 is 1.07 bits per heavy atom. The van der Waals surface area contributed by atoms with E-state index in [0.29, 0.717) is 0 Å². The molecular weight excluding hydrogens is 428 g/mol. The second-order valence-electron chi connectivity index (χ2n) is 8.46. The van der Waals surface area contributed by atoms with Crippen molar-refractivity contribution in [1.82, 2.24) is 4.90 Å². The molecule has 0 saturated carbocycles. The molecule has 0 amide bonds. The molecule has 0 unspecified atom stereocenters. The number of likely N-dealkylation sites (tertiary alicyclic amines) is 1. The highest BCUT2D eigenvalue weighted by atomic mass is 79.9. The number of hydrogen-bond acceptors (Lipinski definition) is 4. The molecule has 1 aliphatic heterocycles. The summed E-state index contributed by atoms with van der Waals surface area (Å²) in [5.41, 5.74) is 1.91. The normalized spacial score (nSPS) is 16.8. The smallest absolute Gasteiger partial charge is 0.119 e. The van der Waals surface area contributed by atoms with Gasteiger partial charge < -0.3 is 14.7 Å². The fourth-order valence-electron chi connectivity index (χ4n) is 3.78. The first-order valence-electron chi connectivity index (χ1n) is 10.5. The van der Waals surface area contributed by atoms with E-state index in [1.165, 1.54) is 5.56 Å². The Bertz CT molecular complexity index is 753. The highest BCUT2D eigenvalue weighted by molar-refractivity contribution is 9.10. The number of ether oxygens (including phenoxy) is 1. The summed E-state index contributed by atoms with van der Waals surface area (Å²) in [7, 11) is 2.09. The molecule has 1 N–H and O–H groups in total. The van der Waals surface area contributed by atoms with E-state index in [0.717, 1.165) is 61.4 Å². The van der Waals surface area contributed by atoms with Gasteiger partial charge in [-0.2, -0.15) is 0 Å². The molecule has 4 nitrogen and oxygen atoms in total. The standard InChI is InChI=1S/C24H33BrN2O2/c1-19(2)29-23-10-8-22(9-11-23)26(3)15-12-24(28)13-16-27(17-14-24)18-20-4-6-21(25)7-5-20/h4-11,19,28H,12-18H2,1-3H3. The number of piperidine rings is 1. The molecule has 29 heavy (non-hydrogen) atoms. The zero-order valence-corrected chi connectivity index (χ0v) is 19.4. The summed E-state index contributed by atoms with van der Waals surface area (Å²) in [6, 6.07) is 16.7. The summed E-state index contributed by atoms with van der Waals surface area (Å²) in [5.74, 6) is 0.897. The van der Waals surface area contributed by atoms with Crippen LogP contribution >= 0.6 is 15.9 Å². The van der Waals surface area contributed by atoms with Crippen LogP contribution in [0.15, 0.2) is 53.0 Å². The molecule has 2 aromatic rings. The van der Waals surface area contributed by atoms with Crippen LogP contribution in [0.2, 0.25) is 0 Å². The number of anilines is 1. The van der Waals surface area contributed by atoms with E-state index in [4.69, 9.17) is 4.74 Å². The SMILES string of the molecule is CC(C)Oc1ccc(N(C)CCC2(O)CCN(Cc3ccc(Br)cc3)CC2)cc1. The summed E-state index contributed by atoms with van der Waals surface area (Å²) >= 11 is 3.49. The van der Waals surface area contributed by atoms with Gasteiger partial charge in [-0.25, -0.2) is 0 Å². The molecule has 0 aromatic heterocycles. The van der Waals surface area contributed by atoms with Crippen molar-refractivity contribution in [1.29, 1.82) is 0 Å². The third-order valence-electron chi connectivity index (χ3n) is 5.67. The van der Waals surface area contributed by atoms with Crippen LogP contribution < -0.4 is 9.64 Å². The van der Waals surface area contributed by atoms with Crippen molar-refractivity contribution in [3.05, 3.63) is 58.6 Å². The lowest BCUT2D eigenvalue weighted by Crippen LogP contribution is -2.45. The number of aliphatic hydroxyl groups is 1. The lowest BCUT2D eigenvalue weighted by atomic mass is 9.88. The van der Waals surface area contributed by atoms with Crippen molar-refractivity contribution in [3.8, 4) is 5.75 Å². The van der Waals surface area contributed by atoms with Crippen LogP contribution in [0.25, 0.3) is 0 Å². The summed E-state index contributed by atoms with van der Waals surface area (Å²) in [6.07, 6.45) is 2.64. The molecule has 0 radical (unpaired) electrons. The molecule has 0 spiro atoms. The Labute approximate surface area is 183 Å². The van der Waals surface area contributed by atoms with Crippen molar-refractivity contribution < 1.29 is 9.84 Å². The number of rotatable bonds is 8. The second-order valence-corrected chi connectivity index (χ2v) is 9.37. The van der Waals surface area contributed by atoms with Crippen molar-refractivity contribution in [3.63, 3.8) is 0 Å². The van der Waals surface area contributed by atoms with Gasteiger partial charge in [0.2, 0.25) is 0 Å². The first-order chi connectivity index (χ1) is 13.8. The highest BCUT2D eigenvalue weighted by Crippen LogP contribution is 2.28. The molecule has 5 heteroatoms. The monoisotopic (exact) mass is 460 g/mol. The van der Waals surface area contributed by atoms with Gasteiger partial charge >= 0.3 is 0 Å². The Hall–Kier alpha value is -1.56. The quantitative estimate of drug-likeness (QED) is 0.594. The van der Waals surface area contributed by atoms with Gasteiger partial charge in [-0.15, -0.1) is 0 Å². The fourth-order valence-corrected chi connectivity index (χ4v) is 4.05. The Kier molecular flexibility index (Phi) is 7.60. The van der Waals surface area contributed by atoms with E-state index in [1.807, 2.05) is 26.0 Å². The third kappa shape index (κ3) is 6.73. The minimum Gasteiger partial charge on any atom is -0.491 e. The second kappa shape index (κ2) is 9.96. The molecule has 0 atom stereocenters. The summed E-state index contributed by atoms with van der Waals surface area (Å²) in [4.78, 5) is 4.65. The van der Waals surface area contributed by atoms with Gasteiger partial charge in [0.1, 0.15) is 5.75 Å². The van der Waals surface area contributed by atoms with Crippen LogP contribution in [-0.2, 0) is 6.54 Å². The van der Waals surface area contributed by atoms with E-state index in [1.54, 1.807) is 0 Å². The van der Waals surface area contributed by atoms with Crippen LogP contribution in [0.4, 0.5) is 5.69 Å². The molecule has 158 valence electrons. The number of hydrogen-bond donors (Lipinski definition) is 1. The summed E-state index contributed by atoms with van der Waals surface area (Å²) in [5, 5.41) is 11.1. The van der Waals surface area contributed by atoms with Crippen molar-refractivity contribution >= 4 is 21.6 Å². The molecule has 0 bridgehead atoms. The molecule has 1 saturated heterocycles. The van der Waals surface area contributed by atoms with Crippen LogP contribution in [0.5, 0.6) is 5.75 Å². The lowest BCUT2D eigenvalue weighted by Gasteiger charge is -2.39. The van der Waals surface area contributed by atoms with Gasteiger partial charge in [0.15, 0.2) is 0 Å². The van der Waals surface area contributed by atoms with Gasteiger partial charge in [-0.3, -0.25) is 4.90 Å². The first-order valence-corrected chi connectivity index (χ1v) is 11.3. The zero-order chi connectivity index (χ0) is 20.9. The molecular formula is C24H33BrN2O2. The average molecular weight is 461 g/mol. The van der Waals surface area contributed by atoms with Crippen LogP contribution in [-0.4, -0.2) is 48.4 Å². The van der Waals surface area contributed by atoms with Crippen LogP contribution in [0.3, 0.4) is 0 Å². The maximum absolute atomic E-state index is 11.1. The molecule has 2 aromatic carbocycles. The van der Waals surface area contributed by atoms with Gasteiger partial charge in [-0.05, 0) is 75.1 Å². The van der Waals surface area contributed by atoms with Gasteiger partial charge in [0.25, 0.3) is 0 Å². The first kappa shape index (κ1) is 22.1. The van der Waals surface area contributed by atoms with Gasteiger partial charge in [0, 0.05) is 43.4 Å². The van der Waals surface area contributed by atoms with E-state index >= 15 is 0 Å². The maximum Gasteiger partial charge on any atom is 0.119 e. The lowest BCUT2D eigenvalue weighted by molar-refractivity contribution is -0.0275. The highest BCUT2D eigenvalue weighted by Gasteiger charge is 2.32. The Balaban J connectivity index is 1.45. The molecule has 0 aliphatic carbocycles. The Morgan fingerprint density at radius 3 is 2.28 bits per heavy atom. The van der Waals surface area contributed by atoms with E-state index in [2.05, 4.69) is 69.2 Å². The van der Waals surface area contributed by atoms with Crippen molar-refractivity contribution in [2.75, 3.05) is 31.6 Å². The van der Waals surface area contributed by atoms with E-state index in [-0.39, 0.29) is 6.10 Å². The topological polar surface area (TPSA) is 35.9 Å². The molecule has 1 aliphatic rings. The largest absolute Gasteiger partial charge is 0.491 e. The van der Waals surface area contributed by atoms with Crippen molar-refractivity contribution in [2.45, 2.75) is 51.4 Å². The van der Waals surface area contributed by atoms with E-state index in [9.17, 15) is 5.11 Å². The minimum atomic E-state index is -0.564. The molecule has 1 heterocycles. The number of nitrogens with zero attached hydrogens (tertiary/aromatic N) is 2. The predicted octanol–water partition coefficient (Wildman–Crippen LogP) is 5.09. The van der Waals surface area contributed by atoms with E-state index < -0.39 is 5.60 Å². The van der Waals surface area contributed by atoms with Gasteiger partial charge in [-0.1, -0.05) is 28.1 Å². The average Bonchev–Trinajstić information content (AvgIpc) is 2.70. The number of halogens is 1. The summed E-state index contributed by atoms with van der Waals surface area (Å²) < 4.78 is 6.82. The fraction of sp³-hybridized carbons (Fsp3) is 0.500. The van der Waals surface area contributed by atoms with Crippen LogP contribution in [0.1, 0.15) is 38.7 Å². The number of benzene rings is 2. The Morgan fingerprint density at radius 2 is 1.69 bits per heavy atom. The van der Waals surface area contributed by atoms with Crippen molar-refractivity contribution in [2.24, 2.45) is 0 Å². The summed E-state index contributed by atoms with van der Waals surface area (Å²) in [6.45, 7) is 7.74. The third-order valence-corrected chi connectivity index (χ3v) is 6.20. The minimum absolute atomic E-state index is 0.183. The molecule has 1 fully saturated rings.